The number of carbonyl (C=O) groups excluding carboxylic acids is 1. The number of phenolic OH excluding ortho intramolecular Hbond substituents is 1. The zero-order chi connectivity index (χ0) is 15.2. The van der Waals surface area contributed by atoms with Crippen LogP contribution in [-0.4, -0.2) is 17.7 Å². The molecule has 0 bridgehead atoms. The van der Waals surface area contributed by atoms with Crippen LogP contribution in [0.4, 0.5) is 5.69 Å². The molecule has 0 atom stereocenters. The second-order valence-electron chi connectivity index (χ2n) is 4.70. The second kappa shape index (κ2) is 6.79. The zero-order valence-corrected chi connectivity index (χ0v) is 12.2. The largest absolute Gasteiger partial charge is 0.507 e. The van der Waals surface area contributed by atoms with Crippen LogP contribution in [0.5, 0.6) is 5.75 Å². The molecule has 0 aliphatic heterocycles. The molecule has 0 amide bonds. The molecule has 0 fully saturated rings. The fraction of sp³-hybridized carbons (Fsp3) is 0.235. The predicted molar refractivity (Wildman–Crippen MR) is 82.6 cm³/mol. The van der Waals surface area contributed by atoms with Gasteiger partial charge in [-0.25, -0.2) is 4.79 Å². The van der Waals surface area contributed by atoms with Gasteiger partial charge in [-0.1, -0.05) is 30.3 Å². The van der Waals surface area contributed by atoms with Crippen molar-refractivity contribution in [2.24, 2.45) is 0 Å². The number of phenols is 1. The maximum absolute atomic E-state index is 11.9. The van der Waals surface area contributed by atoms with Crippen molar-refractivity contribution in [1.82, 2.24) is 0 Å². The molecule has 4 heteroatoms. The first kappa shape index (κ1) is 14.9. The van der Waals surface area contributed by atoms with Crippen molar-refractivity contribution in [3.8, 4) is 5.75 Å². The van der Waals surface area contributed by atoms with Gasteiger partial charge in [-0.3, -0.25) is 0 Å². The number of aryl methyl sites for hydroxylation is 1. The fourth-order valence-corrected chi connectivity index (χ4v) is 2.08. The van der Waals surface area contributed by atoms with E-state index < -0.39 is 0 Å². The van der Waals surface area contributed by atoms with Gasteiger partial charge in [0.15, 0.2) is 0 Å². The van der Waals surface area contributed by atoms with Crippen LogP contribution in [-0.2, 0) is 11.3 Å². The third-order valence-electron chi connectivity index (χ3n) is 3.21. The monoisotopic (exact) mass is 285 g/mol. The van der Waals surface area contributed by atoms with Gasteiger partial charge in [-0.2, -0.15) is 0 Å². The van der Waals surface area contributed by atoms with Gasteiger partial charge in [0.05, 0.1) is 12.2 Å². The van der Waals surface area contributed by atoms with E-state index in [2.05, 4.69) is 5.32 Å². The van der Waals surface area contributed by atoms with Crippen molar-refractivity contribution >= 4 is 11.7 Å². The Balaban J connectivity index is 2.17. The molecular weight excluding hydrogens is 266 g/mol. The van der Waals surface area contributed by atoms with E-state index in [1.165, 1.54) is 0 Å². The molecule has 110 valence electrons. The molecule has 21 heavy (non-hydrogen) atoms. The Morgan fingerprint density at radius 3 is 2.71 bits per heavy atom. The van der Waals surface area contributed by atoms with Crippen LogP contribution in [0.15, 0.2) is 42.5 Å². The minimum absolute atomic E-state index is 0.276. The highest BCUT2D eigenvalue weighted by Crippen LogP contribution is 2.23. The molecule has 0 spiro atoms. The first-order chi connectivity index (χ1) is 10.1. The lowest BCUT2D eigenvalue weighted by Gasteiger charge is -2.12. The van der Waals surface area contributed by atoms with Crippen LogP contribution in [0.25, 0.3) is 0 Å². The average Bonchev–Trinajstić information content (AvgIpc) is 2.49. The predicted octanol–water partition coefficient (Wildman–Crippen LogP) is 3.49. The maximum Gasteiger partial charge on any atom is 0.340 e. The first-order valence-corrected chi connectivity index (χ1v) is 6.91. The Morgan fingerprint density at radius 1 is 1.19 bits per heavy atom. The van der Waals surface area contributed by atoms with Gasteiger partial charge < -0.3 is 15.2 Å². The van der Waals surface area contributed by atoms with E-state index in [0.29, 0.717) is 24.4 Å². The number of aromatic hydroxyl groups is 1. The average molecular weight is 285 g/mol. The molecule has 2 rings (SSSR count). The summed E-state index contributed by atoms with van der Waals surface area (Å²) in [6.07, 6.45) is 0. The molecule has 0 saturated heterocycles. The van der Waals surface area contributed by atoms with Gasteiger partial charge in [0, 0.05) is 17.8 Å². The Labute approximate surface area is 124 Å². The van der Waals surface area contributed by atoms with Crippen LogP contribution >= 0.6 is 0 Å². The second-order valence-corrected chi connectivity index (χ2v) is 4.70. The van der Waals surface area contributed by atoms with E-state index in [-0.39, 0.29) is 11.7 Å². The fourth-order valence-electron chi connectivity index (χ4n) is 2.08. The summed E-state index contributed by atoms with van der Waals surface area (Å²) < 4.78 is 5.04. The van der Waals surface area contributed by atoms with E-state index in [1.54, 1.807) is 19.1 Å². The highest BCUT2D eigenvalue weighted by atomic mass is 16.5. The summed E-state index contributed by atoms with van der Waals surface area (Å²) in [5.74, 6) is -0.0762. The summed E-state index contributed by atoms with van der Waals surface area (Å²) >= 11 is 0. The molecule has 2 aromatic rings. The molecule has 0 saturated carbocycles. The Kier molecular flexibility index (Phi) is 4.82. The number of carbonyl (C=O) groups is 1. The topological polar surface area (TPSA) is 58.6 Å². The molecule has 0 aliphatic carbocycles. The number of rotatable bonds is 5. The minimum atomic E-state index is -0.353. The van der Waals surface area contributed by atoms with Crippen molar-refractivity contribution < 1.29 is 14.6 Å². The summed E-state index contributed by atoms with van der Waals surface area (Å²) in [6.45, 7) is 4.40. The zero-order valence-electron chi connectivity index (χ0n) is 12.2. The molecule has 2 N–H and O–H groups in total. The first-order valence-electron chi connectivity index (χ1n) is 6.91. The van der Waals surface area contributed by atoms with Crippen LogP contribution in [0, 0.1) is 6.92 Å². The van der Waals surface area contributed by atoms with Gasteiger partial charge in [-0.05, 0) is 31.5 Å². The van der Waals surface area contributed by atoms with E-state index >= 15 is 0 Å². The van der Waals surface area contributed by atoms with E-state index in [9.17, 15) is 9.90 Å². The van der Waals surface area contributed by atoms with Gasteiger partial charge in [0.25, 0.3) is 0 Å². The quantitative estimate of drug-likeness (QED) is 0.826. The lowest BCUT2D eigenvalue weighted by Crippen LogP contribution is -2.09. The summed E-state index contributed by atoms with van der Waals surface area (Å²) in [5.41, 5.74) is 2.80. The van der Waals surface area contributed by atoms with Crippen LogP contribution in [0.1, 0.15) is 28.4 Å². The number of nitrogens with one attached hydrogen (secondary N) is 1. The summed E-state index contributed by atoms with van der Waals surface area (Å²) in [6, 6.07) is 12.8. The summed E-state index contributed by atoms with van der Waals surface area (Å²) in [4.78, 5) is 11.9. The molecule has 0 radical (unpaired) electrons. The number of para-hydroxylation sites is 2. The molecule has 0 heterocycles. The van der Waals surface area contributed by atoms with Crippen molar-refractivity contribution in [2.75, 3.05) is 11.9 Å². The Morgan fingerprint density at radius 2 is 1.95 bits per heavy atom. The number of esters is 1. The molecule has 0 aromatic heterocycles. The Bertz CT molecular complexity index is 638. The van der Waals surface area contributed by atoms with E-state index in [1.807, 2.05) is 37.3 Å². The van der Waals surface area contributed by atoms with Crippen molar-refractivity contribution in [1.29, 1.82) is 0 Å². The number of anilines is 1. The smallest absolute Gasteiger partial charge is 0.340 e. The molecule has 0 unspecified atom stereocenters. The van der Waals surface area contributed by atoms with Gasteiger partial charge >= 0.3 is 5.97 Å². The number of hydrogen-bond acceptors (Lipinski definition) is 4. The maximum atomic E-state index is 11.9. The van der Waals surface area contributed by atoms with E-state index in [0.717, 1.165) is 11.1 Å². The van der Waals surface area contributed by atoms with Gasteiger partial charge in [0.2, 0.25) is 0 Å². The highest BCUT2D eigenvalue weighted by Gasteiger charge is 2.12. The standard InChI is InChI=1S/C17H19NO3/c1-3-21-17(20)14-9-4-5-10-15(14)18-11-13-8-6-7-12(2)16(13)19/h4-10,18-19H,3,11H2,1-2H3. The van der Waals surface area contributed by atoms with Crippen LogP contribution in [0.3, 0.4) is 0 Å². The van der Waals surface area contributed by atoms with Crippen molar-refractivity contribution in [2.45, 2.75) is 20.4 Å². The highest BCUT2D eigenvalue weighted by molar-refractivity contribution is 5.95. The lowest BCUT2D eigenvalue weighted by atomic mass is 10.1. The minimum Gasteiger partial charge on any atom is -0.507 e. The summed E-state index contributed by atoms with van der Waals surface area (Å²) in [5, 5.41) is 13.2. The Hall–Kier alpha value is -2.49. The third-order valence-corrected chi connectivity index (χ3v) is 3.21. The molecule has 0 aliphatic rings. The van der Waals surface area contributed by atoms with Crippen LogP contribution in [0.2, 0.25) is 0 Å². The number of benzene rings is 2. The SMILES string of the molecule is CCOC(=O)c1ccccc1NCc1cccc(C)c1O. The number of ether oxygens (including phenoxy) is 1. The molecular formula is C17H19NO3. The molecule has 2 aromatic carbocycles. The van der Waals surface area contributed by atoms with Crippen molar-refractivity contribution in [3.63, 3.8) is 0 Å². The number of hydrogen-bond donors (Lipinski definition) is 2. The lowest BCUT2D eigenvalue weighted by molar-refractivity contribution is 0.0527. The van der Waals surface area contributed by atoms with Crippen molar-refractivity contribution in [3.05, 3.63) is 59.2 Å². The van der Waals surface area contributed by atoms with Crippen LogP contribution < -0.4 is 5.32 Å². The van der Waals surface area contributed by atoms with Gasteiger partial charge in [-0.15, -0.1) is 0 Å². The van der Waals surface area contributed by atoms with Gasteiger partial charge in [0.1, 0.15) is 5.75 Å². The third kappa shape index (κ3) is 3.54. The normalized spacial score (nSPS) is 10.2. The molecule has 4 nitrogen and oxygen atoms in total. The summed E-state index contributed by atoms with van der Waals surface area (Å²) in [7, 11) is 0. The van der Waals surface area contributed by atoms with E-state index in [4.69, 9.17) is 4.74 Å².